The van der Waals surface area contributed by atoms with Crippen LogP contribution in [0.1, 0.15) is 17.5 Å². The lowest BCUT2D eigenvalue weighted by Gasteiger charge is -2.11. The summed E-state index contributed by atoms with van der Waals surface area (Å²) in [5, 5.41) is 5.11. The molecule has 0 radical (unpaired) electrons. The maximum atomic E-state index is 12.2. The first-order valence-electron chi connectivity index (χ1n) is 7.98. The second-order valence-electron chi connectivity index (χ2n) is 5.76. The van der Waals surface area contributed by atoms with Crippen LogP contribution in [0.5, 0.6) is 0 Å². The van der Waals surface area contributed by atoms with Crippen molar-refractivity contribution in [3.63, 3.8) is 0 Å². The Hall–Kier alpha value is -2.33. The molecule has 4 heteroatoms. The number of para-hydroxylation sites is 2. The fourth-order valence-electron chi connectivity index (χ4n) is 2.59. The van der Waals surface area contributed by atoms with Gasteiger partial charge in [0.05, 0.1) is 10.5 Å². The van der Waals surface area contributed by atoms with Crippen LogP contribution in [0.3, 0.4) is 0 Å². The molecule has 0 saturated heterocycles. The predicted molar refractivity (Wildman–Crippen MR) is 102 cm³/mol. The van der Waals surface area contributed by atoms with Crippen LogP contribution in [0.25, 0.3) is 10.9 Å². The zero-order valence-electron chi connectivity index (χ0n) is 13.9. The van der Waals surface area contributed by atoms with Gasteiger partial charge in [0.1, 0.15) is 0 Å². The minimum absolute atomic E-state index is 0.0423. The number of hydrogen-bond donors (Lipinski definition) is 1. The molecule has 3 nitrogen and oxygen atoms in total. The average Bonchev–Trinajstić information content (AvgIpc) is 2.58. The summed E-state index contributed by atoms with van der Waals surface area (Å²) in [5.41, 5.74) is 4.10. The van der Waals surface area contributed by atoms with Gasteiger partial charge < -0.3 is 5.32 Å². The van der Waals surface area contributed by atoms with Crippen LogP contribution >= 0.6 is 11.8 Å². The smallest absolute Gasteiger partial charge is 0.225 e. The number of carbonyl (C=O) groups is 1. The third-order valence-electron chi connectivity index (χ3n) is 3.90. The van der Waals surface area contributed by atoms with E-state index in [1.54, 1.807) is 11.8 Å². The zero-order chi connectivity index (χ0) is 16.9. The highest BCUT2D eigenvalue weighted by Crippen LogP contribution is 2.22. The quantitative estimate of drug-likeness (QED) is 0.669. The maximum absolute atomic E-state index is 12.2. The molecule has 1 heterocycles. The molecule has 3 aromatic rings. The molecule has 24 heavy (non-hydrogen) atoms. The van der Waals surface area contributed by atoms with Crippen LogP contribution in [-0.4, -0.2) is 16.6 Å². The molecule has 1 amide bonds. The van der Waals surface area contributed by atoms with Crippen molar-refractivity contribution in [3.05, 3.63) is 65.7 Å². The molecule has 1 aromatic heterocycles. The highest BCUT2D eigenvalue weighted by Gasteiger charge is 2.08. The fourth-order valence-corrected chi connectivity index (χ4v) is 3.41. The molecule has 122 valence electrons. The van der Waals surface area contributed by atoms with Crippen molar-refractivity contribution in [2.45, 2.75) is 25.3 Å². The summed E-state index contributed by atoms with van der Waals surface area (Å²) in [4.78, 5) is 16.8. The van der Waals surface area contributed by atoms with E-state index in [1.165, 1.54) is 0 Å². The van der Waals surface area contributed by atoms with Gasteiger partial charge in [0.15, 0.2) is 0 Å². The van der Waals surface area contributed by atoms with Gasteiger partial charge in [-0.3, -0.25) is 4.79 Å². The second kappa shape index (κ2) is 7.49. The maximum Gasteiger partial charge on any atom is 0.225 e. The van der Waals surface area contributed by atoms with Crippen molar-refractivity contribution < 1.29 is 4.79 Å². The minimum Gasteiger partial charge on any atom is -0.326 e. The summed E-state index contributed by atoms with van der Waals surface area (Å²) >= 11 is 1.61. The largest absolute Gasteiger partial charge is 0.326 e. The van der Waals surface area contributed by atoms with E-state index in [0.717, 1.165) is 32.7 Å². The lowest BCUT2D eigenvalue weighted by molar-refractivity contribution is -0.115. The molecule has 0 fully saturated rings. The van der Waals surface area contributed by atoms with E-state index in [0.29, 0.717) is 12.2 Å². The molecule has 0 aliphatic heterocycles. The Morgan fingerprint density at radius 1 is 1.00 bits per heavy atom. The Labute approximate surface area is 146 Å². The Balaban J connectivity index is 1.56. The van der Waals surface area contributed by atoms with E-state index in [4.69, 9.17) is 0 Å². The number of aryl methyl sites for hydroxylation is 2. The van der Waals surface area contributed by atoms with Crippen molar-refractivity contribution in [1.82, 2.24) is 4.98 Å². The molecule has 0 saturated carbocycles. The molecule has 0 bridgehead atoms. The first-order valence-corrected chi connectivity index (χ1v) is 8.97. The molecule has 0 atom stereocenters. The molecule has 0 aliphatic carbocycles. The van der Waals surface area contributed by atoms with E-state index in [2.05, 4.69) is 22.4 Å². The van der Waals surface area contributed by atoms with E-state index in [-0.39, 0.29) is 5.91 Å². The van der Waals surface area contributed by atoms with E-state index in [1.807, 2.05) is 56.3 Å². The van der Waals surface area contributed by atoms with Crippen molar-refractivity contribution in [1.29, 1.82) is 0 Å². The summed E-state index contributed by atoms with van der Waals surface area (Å²) in [6, 6.07) is 18.2. The van der Waals surface area contributed by atoms with Crippen LogP contribution in [0.2, 0.25) is 0 Å². The van der Waals surface area contributed by atoms with Gasteiger partial charge in [0, 0.05) is 23.2 Å². The van der Waals surface area contributed by atoms with Gasteiger partial charge in [-0.05, 0) is 37.1 Å². The number of pyridine rings is 1. The van der Waals surface area contributed by atoms with Crippen LogP contribution in [0.15, 0.2) is 59.6 Å². The number of hydrogen-bond acceptors (Lipinski definition) is 3. The SMILES string of the molecule is Cc1cccc(C)c1NC(=O)CCSc1ccc2ccccc2n1. The molecule has 2 aromatic carbocycles. The van der Waals surface area contributed by atoms with Crippen molar-refractivity contribution >= 4 is 34.3 Å². The van der Waals surface area contributed by atoms with Crippen LogP contribution in [-0.2, 0) is 4.79 Å². The standard InChI is InChI=1S/C20H20N2OS/c1-14-6-5-7-15(2)20(14)22-18(23)12-13-24-19-11-10-16-8-3-4-9-17(16)21-19/h3-11H,12-13H2,1-2H3,(H,22,23). The summed E-state index contributed by atoms with van der Waals surface area (Å²) in [5.74, 6) is 0.753. The number of benzene rings is 2. The third-order valence-corrected chi connectivity index (χ3v) is 4.83. The highest BCUT2D eigenvalue weighted by molar-refractivity contribution is 7.99. The van der Waals surface area contributed by atoms with Gasteiger partial charge in [-0.1, -0.05) is 42.5 Å². The summed E-state index contributed by atoms with van der Waals surface area (Å²) in [6.45, 7) is 4.02. The number of rotatable bonds is 5. The Kier molecular flexibility index (Phi) is 5.16. The van der Waals surface area contributed by atoms with E-state index in [9.17, 15) is 4.79 Å². The van der Waals surface area contributed by atoms with Gasteiger partial charge in [0.25, 0.3) is 0 Å². The molecule has 3 rings (SSSR count). The van der Waals surface area contributed by atoms with Crippen molar-refractivity contribution in [3.8, 4) is 0 Å². The van der Waals surface area contributed by atoms with Crippen LogP contribution in [0.4, 0.5) is 5.69 Å². The first kappa shape index (κ1) is 16.5. The predicted octanol–water partition coefficient (Wildman–Crippen LogP) is 4.97. The Morgan fingerprint density at radius 3 is 2.54 bits per heavy atom. The van der Waals surface area contributed by atoms with Crippen LogP contribution in [0, 0.1) is 13.8 Å². The van der Waals surface area contributed by atoms with Crippen molar-refractivity contribution in [2.75, 3.05) is 11.1 Å². The zero-order valence-corrected chi connectivity index (χ0v) is 14.7. The van der Waals surface area contributed by atoms with E-state index < -0.39 is 0 Å². The minimum atomic E-state index is 0.0423. The number of amides is 1. The summed E-state index contributed by atoms with van der Waals surface area (Å²) in [6.07, 6.45) is 0.465. The lowest BCUT2D eigenvalue weighted by Crippen LogP contribution is -2.14. The summed E-state index contributed by atoms with van der Waals surface area (Å²) < 4.78 is 0. The van der Waals surface area contributed by atoms with Crippen LogP contribution < -0.4 is 5.32 Å². The number of carbonyl (C=O) groups excluding carboxylic acids is 1. The van der Waals surface area contributed by atoms with Crippen molar-refractivity contribution in [2.24, 2.45) is 0 Å². The number of aromatic nitrogens is 1. The van der Waals surface area contributed by atoms with Gasteiger partial charge in [-0.15, -0.1) is 11.8 Å². The van der Waals surface area contributed by atoms with Gasteiger partial charge in [-0.2, -0.15) is 0 Å². The topological polar surface area (TPSA) is 42.0 Å². The molecule has 1 N–H and O–H groups in total. The number of nitrogens with one attached hydrogen (secondary N) is 1. The number of thioether (sulfide) groups is 1. The first-order chi connectivity index (χ1) is 11.6. The second-order valence-corrected chi connectivity index (χ2v) is 6.87. The van der Waals surface area contributed by atoms with Gasteiger partial charge >= 0.3 is 0 Å². The molecule has 0 aliphatic rings. The fraction of sp³-hybridized carbons (Fsp3) is 0.200. The Bertz CT molecular complexity index is 856. The van der Waals surface area contributed by atoms with E-state index >= 15 is 0 Å². The number of anilines is 1. The molecule has 0 spiro atoms. The Morgan fingerprint density at radius 2 is 1.75 bits per heavy atom. The highest BCUT2D eigenvalue weighted by atomic mass is 32.2. The normalized spacial score (nSPS) is 10.8. The summed E-state index contributed by atoms with van der Waals surface area (Å²) in [7, 11) is 0. The van der Waals surface area contributed by atoms with Gasteiger partial charge in [-0.25, -0.2) is 4.98 Å². The third kappa shape index (κ3) is 3.95. The average molecular weight is 336 g/mol. The molecular formula is C20H20N2OS. The number of nitrogens with zero attached hydrogens (tertiary/aromatic N) is 1. The number of fused-ring (bicyclic) bond motifs is 1. The van der Waals surface area contributed by atoms with Gasteiger partial charge in [0.2, 0.25) is 5.91 Å². The monoisotopic (exact) mass is 336 g/mol. The molecular weight excluding hydrogens is 316 g/mol. The molecule has 0 unspecified atom stereocenters. The lowest BCUT2D eigenvalue weighted by atomic mass is 10.1.